The van der Waals surface area contributed by atoms with Crippen molar-refractivity contribution >= 4 is 11.9 Å². The molecule has 0 fully saturated rings. The number of hydrogen-bond acceptors (Lipinski definition) is 4. The van der Waals surface area contributed by atoms with Crippen LogP contribution in [0.4, 0.5) is 0 Å². The van der Waals surface area contributed by atoms with Crippen LogP contribution in [0.5, 0.6) is 0 Å². The monoisotopic (exact) mass is 777 g/mol. The fraction of sp³-hybridized carbons (Fsp3) is 0.961. The highest BCUT2D eigenvalue weighted by atomic mass is 16.5. The minimum atomic E-state index is -0.0844. The van der Waals surface area contributed by atoms with Crippen LogP contribution in [0.2, 0.25) is 0 Å². The van der Waals surface area contributed by atoms with Gasteiger partial charge in [0.15, 0.2) is 0 Å². The molecule has 0 N–H and O–H groups in total. The number of carbonyl (C=O) groups is 2. The normalized spacial score (nSPS) is 11.6. The Kier molecular flexibility index (Phi) is 44.8. The molecule has 0 aromatic heterocycles. The molecular formula is C51H100O4. The van der Waals surface area contributed by atoms with Crippen LogP contribution in [0, 0.1) is 11.8 Å². The van der Waals surface area contributed by atoms with E-state index in [2.05, 4.69) is 27.7 Å². The summed E-state index contributed by atoms with van der Waals surface area (Å²) in [6.07, 6.45) is 52.5. The zero-order valence-electron chi connectivity index (χ0n) is 38.2. The van der Waals surface area contributed by atoms with Crippen LogP contribution in [-0.2, 0) is 19.1 Å². The van der Waals surface area contributed by atoms with Gasteiger partial charge in [-0.05, 0) is 37.5 Å². The van der Waals surface area contributed by atoms with Gasteiger partial charge in [0.2, 0.25) is 0 Å². The van der Waals surface area contributed by atoms with Gasteiger partial charge in [0.1, 0.15) is 0 Å². The number of unbranched alkanes of at least 4 members (excludes halogenated alkanes) is 34. The molecule has 0 heterocycles. The SMILES string of the molecule is CC(C)CCCCCCCCCCCCCCCCCCCOC(=O)CCCCCC(=O)OCCCCCCCCCCCCCCCCCCCC(C)C. The van der Waals surface area contributed by atoms with Gasteiger partial charge in [-0.2, -0.15) is 0 Å². The van der Waals surface area contributed by atoms with E-state index in [-0.39, 0.29) is 11.9 Å². The van der Waals surface area contributed by atoms with E-state index < -0.39 is 0 Å². The van der Waals surface area contributed by atoms with Crippen molar-refractivity contribution in [3.8, 4) is 0 Å². The summed E-state index contributed by atoms with van der Waals surface area (Å²) in [6, 6.07) is 0. The van der Waals surface area contributed by atoms with Gasteiger partial charge in [0.05, 0.1) is 13.2 Å². The lowest BCUT2D eigenvalue weighted by molar-refractivity contribution is -0.144. The molecule has 0 radical (unpaired) electrons. The molecule has 0 atom stereocenters. The molecule has 0 saturated carbocycles. The Morgan fingerprint density at radius 3 is 0.673 bits per heavy atom. The highest BCUT2D eigenvalue weighted by molar-refractivity contribution is 5.69. The Balaban J connectivity index is 3.24. The Morgan fingerprint density at radius 1 is 0.273 bits per heavy atom. The topological polar surface area (TPSA) is 52.6 Å². The van der Waals surface area contributed by atoms with Crippen molar-refractivity contribution in [2.24, 2.45) is 11.8 Å². The lowest BCUT2D eigenvalue weighted by Crippen LogP contribution is -2.07. The van der Waals surface area contributed by atoms with Gasteiger partial charge in [-0.1, -0.05) is 252 Å². The second kappa shape index (κ2) is 45.6. The Labute approximate surface area is 346 Å². The minimum absolute atomic E-state index is 0.0844. The molecular weight excluding hydrogens is 677 g/mol. The number of esters is 2. The second-order valence-corrected chi connectivity index (χ2v) is 18.4. The molecule has 0 aliphatic heterocycles. The van der Waals surface area contributed by atoms with E-state index in [0.717, 1.165) is 56.8 Å². The molecule has 0 saturated heterocycles. The average molecular weight is 777 g/mol. The number of rotatable bonds is 46. The molecule has 4 heteroatoms. The van der Waals surface area contributed by atoms with Gasteiger partial charge in [-0.25, -0.2) is 0 Å². The highest BCUT2D eigenvalue weighted by Crippen LogP contribution is 2.17. The molecule has 0 aromatic carbocycles. The molecule has 55 heavy (non-hydrogen) atoms. The van der Waals surface area contributed by atoms with Crippen molar-refractivity contribution in [3.05, 3.63) is 0 Å². The van der Waals surface area contributed by atoms with Crippen LogP contribution in [0.25, 0.3) is 0 Å². The van der Waals surface area contributed by atoms with E-state index >= 15 is 0 Å². The first-order valence-electron chi connectivity index (χ1n) is 25.2. The van der Waals surface area contributed by atoms with E-state index in [1.165, 1.54) is 205 Å². The number of hydrogen-bond donors (Lipinski definition) is 0. The van der Waals surface area contributed by atoms with Crippen molar-refractivity contribution in [3.63, 3.8) is 0 Å². The largest absolute Gasteiger partial charge is 0.466 e. The van der Waals surface area contributed by atoms with Gasteiger partial charge in [0, 0.05) is 12.8 Å². The molecule has 0 aliphatic carbocycles. The molecule has 0 bridgehead atoms. The van der Waals surface area contributed by atoms with Crippen molar-refractivity contribution < 1.29 is 19.1 Å². The molecule has 0 spiro atoms. The van der Waals surface area contributed by atoms with Gasteiger partial charge < -0.3 is 9.47 Å². The molecule has 0 aliphatic rings. The standard InChI is InChI=1S/C51H100O4/c1-48(2)42-36-31-27-23-19-15-11-7-5-9-13-17-21-25-29-33-40-46-54-50(52)44-38-35-39-45-51(53)55-47-41-34-30-26-22-18-14-10-6-8-12-16-20-24-28-32-37-43-49(3)4/h48-49H,5-47H2,1-4H3. The number of ether oxygens (including phenoxy) is 2. The first-order valence-corrected chi connectivity index (χ1v) is 25.2. The van der Waals surface area contributed by atoms with Crippen molar-refractivity contribution in [1.29, 1.82) is 0 Å². The summed E-state index contributed by atoms with van der Waals surface area (Å²) in [5.74, 6) is 1.57. The fourth-order valence-electron chi connectivity index (χ4n) is 7.84. The Bertz CT molecular complexity index is 700. The summed E-state index contributed by atoms with van der Waals surface area (Å²) in [7, 11) is 0. The van der Waals surface area contributed by atoms with Crippen LogP contribution < -0.4 is 0 Å². The highest BCUT2D eigenvalue weighted by Gasteiger charge is 2.06. The maximum Gasteiger partial charge on any atom is 0.305 e. The summed E-state index contributed by atoms with van der Waals surface area (Å²) in [6.45, 7) is 10.4. The summed E-state index contributed by atoms with van der Waals surface area (Å²) >= 11 is 0. The molecule has 0 rings (SSSR count). The van der Waals surface area contributed by atoms with E-state index in [4.69, 9.17) is 9.47 Å². The maximum atomic E-state index is 12.0. The van der Waals surface area contributed by atoms with E-state index in [0.29, 0.717) is 26.1 Å². The van der Waals surface area contributed by atoms with Crippen LogP contribution >= 0.6 is 0 Å². The maximum absolute atomic E-state index is 12.0. The van der Waals surface area contributed by atoms with Crippen LogP contribution in [0.15, 0.2) is 0 Å². The number of carbonyl (C=O) groups excluding carboxylic acids is 2. The third kappa shape index (κ3) is 49.0. The predicted molar refractivity (Wildman–Crippen MR) is 241 cm³/mol. The van der Waals surface area contributed by atoms with Crippen LogP contribution in [0.3, 0.4) is 0 Å². The molecule has 0 unspecified atom stereocenters. The minimum Gasteiger partial charge on any atom is -0.466 e. The van der Waals surface area contributed by atoms with Gasteiger partial charge in [-0.3, -0.25) is 9.59 Å². The van der Waals surface area contributed by atoms with Crippen LogP contribution in [0.1, 0.15) is 291 Å². The summed E-state index contributed by atoms with van der Waals surface area (Å²) < 4.78 is 10.9. The summed E-state index contributed by atoms with van der Waals surface area (Å²) in [5, 5.41) is 0. The zero-order valence-corrected chi connectivity index (χ0v) is 38.2. The molecule has 0 amide bonds. The molecule has 328 valence electrons. The lowest BCUT2D eigenvalue weighted by Gasteiger charge is -2.06. The second-order valence-electron chi connectivity index (χ2n) is 18.4. The van der Waals surface area contributed by atoms with Crippen molar-refractivity contribution in [2.75, 3.05) is 13.2 Å². The van der Waals surface area contributed by atoms with Gasteiger partial charge in [-0.15, -0.1) is 0 Å². The van der Waals surface area contributed by atoms with Gasteiger partial charge >= 0.3 is 11.9 Å². The lowest BCUT2D eigenvalue weighted by atomic mass is 10.0. The van der Waals surface area contributed by atoms with Crippen molar-refractivity contribution in [2.45, 2.75) is 291 Å². The quantitative estimate of drug-likeness (QED) is 0.0456. The van der Waals surface area contributed by atoms with Gasteiger partial charge in [0.25, 0.3) is 0 Å². The Hall–Kier alpha value is -1.06. The fourth-order valence-corrected chi connectivity index (χ4v) is 7.84. The predicted octanol–water partition coefficient (Wildman–Crippen LogP) is 17.4. The smallest absolute Gasteiger partial charge is 0.305 e. The first kappa shape index (κ1) is 53.9. The average Bonchev–Trinajstić information content (AvgIpc) is 3.15. The summed E-state index contributed by atoms with van der Waals surface area (Å²) in [5.41, 5.74) is 0. The van der Waals surface area contributed by atoms with E-state index in [1.807, 2.05) is 0 Å². The third-order valence-electron chi connectivity index (χ3n) is 11.6. The van der Waals surface area contributed by atoms with E-state index in [9.17, 15) is 9.59 Å². The first-order chi connectivity index (χ1) is 26.9. The van der Waals surface area contributed by atoms with Crippen molar-refractivity contribution in [1.82, 2.24) is 0 Å². The molecule has 4 nitrogen and oxygen atoms in total. The van der Waals surface area contributed by atoms with Crippen LogP contribution in [-0.4, -0.2) is 25.2 Å². The Morgan fingerprint density at radius 2 is 0.455 bits per heavy atom. The van der Waals surface area contributed by atoms with E-state index in [1.54, 1.807) is 0 Å². The molecule has 0 aromatic rings. The third-order valence-corrected chi connectivity index (χ3v) is 11.6. The summed E-state index contributed by atoms with van der Waals surface area (Å²) in [4.78, 5) is 24.1. The zero-order chi connectivity index (χ0) is 40.1.